The topological polar surface area (TPSA) is 64.3 Å². The number of alkyl carbamates (subject to hydrolysis) is 1. The summed E-state index contributed by atoms with van der Waals surface area (Å²) in [5.74, 6) is -0.661. The SMILES string of the molecule is CC(C)(C)OC(=O)NCC(CN)c1cc(F)ccc1Cl. The van der Waals surface area contributed by atoms with Gasteiger partial charge in [-0.3, -0.25) is 0 Å². The largest absolute Gasteiger partial charge is 0.444 e. The Morgan fingerprint density at radius 3 is 2.70 bits per heavy atom. The Balaban J connectivity index is 2.68. The zero-order chi connectivity index (χ0) is 15.3. The molecule has 6 heteroatoms. The van der Waals surface area contributed by atoms with Gasteiger partial charge in [0, 0.05) is 24.0 Å². The molecule has 0 aromatic heterocycles. The van der Waals surface area contributed by atoms with Crippen LogP contribution in [0.1, 0.15) is 32.3 Å². The number of hydrogen-bond acceptors (Lipinski definition) is 3. The van der Waals surface area contributed by atoms with Gasteiger partial charge in [-0.25, -0.2) is 9.18 Å². The van der Waals surface area contributed by atoms with E-state index in [-0.39, 0.29) is 24.8 Å². The van der Waals surface area contributed by atoms with Crippen molar-refractivity contribution in [1.82, 2.24) is 5.32 Å². The van der Waals surface area contributed by atoms with Crippen LogP contribution in [-0.2, 0) is 4.74 Å². The Labute approximate surface area is 123 Å². The van der Waals surface area contributed by atoms with Gasteiger partial charge in [-0.1, -0.05) is 11.6 Å². The van der Waals surface area contributed by atoms with Crippen molar-refractivity contribution in [2.75, 3.05) is 13.1 Å². The monoisotopic (exact) mass is 302 g/mol. The van der Waals surface area contributed by atoms with Crippen molar-refractivity contribution in [3.05, 3.63) is 34.6 Å². The van der Waals surface area contributed by atoms with Crippen LogP contribution in [0.5, 0.6) is 0 Å². The minimum atomic E-state index is -0.571. The quantitative estimate of drug-likeness (QED) is 0.898. The summed E-state index contributed by atoms with van der Waals surface area (Å²) >= 11 is 6.03. The van der Waals surface area contributed by atoms with Crippen LogP contribution in [0.25, 0.3) is 0 Å². The first-order valence-corrected chi connectivity index (χ1v) is 6.72. The van der Waals surface area contributed by atoms with Gasteiger partial charge in [-0.05, 0) is 44.5 Å². The zero-order valence-corrected chi connectivity index (χ0v) is 12.6. The molecule has 0 aliphatic rings. The summed E-state index contributed by atoms with van der Waals surface area (Å²) in [6.07, 6.45) is -0.538. The molecule has 112 valence electrons. The minimum Gasteiger partial charge on any atom is -0.444 e. The highest BCUT2D eigenvalue weighted by Gasteiger charge is 2.19. The highest BCUT2D eigenvalue weighted by atomic mass is 35.5. The van der Waals surface area contributed by atoms with Crippen molar-refractivity contribution < 1.29 is 13.9 Å². The molecule has 0 spiro atoms. The summed E-state index contributed by atoms with van der Waals surface area (Å²) in [6, 6.07) is 4.08. The molecule has 0 aliphatic heterocycles. The maximum atomic E-state index is 13.3. The summed E-state index contributed by atoms with van der Waals surface area (Å²) in [5.41, 5.74) is 5.67. The Hall–Kier alpha value is -1.33. The Morgan fingerprint density at radius 2 is 2.15 bits per heavy atom. The van der Waals surface area contributed by atoms with Crippen molar-refractivity contribution in [1.29, 1.82) is 0 Å². The van der Waals surface area contributed by atoms with E-state index in [4.69, 9.17) is 22.1 Å². The average molecular weight is 303 g/mol. The second-order valence-electron chi connectivity index (χ2n) is 5.48. The molecule has 0 radical (unpaired) electrons. The van der Waals surface area contributed by atoms with Crippen LogP contribution in [0, 0.1) is 5.82 Å². The maximum absolute atomic E-state index is 13.3. The van der Waals surface area contributed by atoms with Crippen molar-refractivity contribution in [2.45, 2.75) is 32.3 Å². The molecule has 0 aliphatic carbocycles. The fourth-order valence-electron chi connectivity index (χ4n) is 1.67. The van der Waals surface area contributed by atoms with E-state index in [9.17, 15) is 9.18 Å². The van der Waals surface area contributed by atoms with Gasteiger partial charge >= 0.3 is 6.09 Å². The first kappa shape index (κ1) is 16.7. The standard InChI is InChI=1S/C14H20ClFN2O2/c1-14(2,3)20-13(19)18-8-9(7-17)11-6-10(16)4-5-12(11)15/h4-6,9H,7-8,17H2,1-3H3,(H,18,19). The van der Waals surface area contributed by atoms with Crippen molar-refractivity contribution in [2.24, 2.45) is 5.73 Å². The van der Waals surface area contributed by atoms with Crippen LogP contribution in [0.15, 0.2) is 18.2 Å². The number of hydrogen-bond donors (Lipinski definition) is 2. The van der Waals surface area contributed by atoms with E-state index >= 15 is 0 Å². The number of nitrogens with one attached hydrogen (secondary N) is 1. The molecule has 1 unspecified atom stereocenters. The lowest BCUT2D eigenvalue weighted by atomic mass is 9.99. The molecule has 0 heterocycles. The van der Waals surface area contributed by atoms with Gasteiger partial charge in [0.25, 0.3) is 0 Å². The molecule has 1 aromatic rings. The summed E-state index contributed by atoms with van der Waals surface area (Å²) in [4.78, 5) is 11.6. The van der Waals surface area contributed by atoms with E-state index in [1.54, 1.807) is 20.8 Å². The number of rotatable bonds is 4. The van der Waals surface area contributed by atoms with Crippen LogP contribution in [0.3, 0.4) is 0 Å². The summed E-state index contributed by atoms with van der Waals surface area (Å²) < 4.78 is 18.4. The molecule has 0 bridgehead atoms. The number of nitrogens with two attached hydrogens (primary N) is 1. The Morgan fingerprint density at radius 1 is 1.50 bits per heavy atom. The predicted molar refractivity (Wildman–Crippen MR) is 77.4 cm³/mol. The second kappa shape index (κ2) is 6.90. The Kier molecular flexibility index (Phi) is 5.77. The zero-order valence-electron chi connectivity index (χ0n) is 11.9. The second-order valence-corrected chi connectivity index (χ2v) is 5.89. The van der Waals surface area contributed by atoms with Gasteiger partial charge in [0.05, 0.1) is 0 Å². The van der Waals surface area contributed by atoms with Gasteiger partial charge in [0.2, 0.25) is 0 Å². The molecule has 1 aromatic carbocycles. The van der Waals surface area contributed by atoms with Crippen molar-refractivity contribution >= 4 is 17.7 Å². The van der Waals surface area contributed by atoms with Crippen molar-refractivity contribution in [3.63, 3.8) is 0 Å². The molecule has 0 saturated heterocycles. The van der Waals surface area contributed by atoms with Crippen molar-refractivity contribution in [3.8, 4) is 0 Å². The van der Waals surface area contributed by atoms with Crippen LogP contribution in [-0.4, -0.2) is 24.8 Å². The lowest BCUT2D eigenvalue weighted by Gasteiger charge is -2.22. The molecular formula is C14H20ClFN2O2. The number of ether oxygens (including phenoxy) is 1. The van der Waals surface area contributed by atoms with Crippen LogP contribution in [0.2, 0.25) is 5.02 Å². The lowest BCUT2D eigenvalue weighted by Crippen LogP contribution is -2.36. The molecule has 0 fully saturated rings. The van der Waals surface area contributed by atoms with Crippen LogP contribution in [0.4, 0.5) is 9.18 Å². The highest BCUT2D eigenvalue weighted by Crippen LogP contribution is 2.24. The third kappa shape index (κ3) is 5.35. The molecule has 20 heavy (non-hydrogen) atoms. The normalized spacial score (nSPS) is 12.9. The summed E-state index contributed by atoms with van der Waals surface area (Å²) in [5, 5.41) is 3.04. The number of carbonyl (C=O) groups is 1. The average Bonchev–Trinajstić information content (AvgIpc) is 2.32. The van der Waals surface area contributed by atoms with E-state index in [0.29, 0.717) is 10.6 Å². The van der Waals surface area contributed by atoms with Gasteiger partial charge in [0.1, 0.15) is 11.4 Å². The molecule has 1 amide bonds. The molecule has 0 saturated carbocycles. The highest BCUT2D eigenvalue weighted by molar-refractivity contribution is 6.31. The van der Waals surface area contributed by atoms with Gasteiger partial charge < -0.3 is 15.8 Å². The van der Waals surface area contributed by atoms with Crippen LogP contribution < -0.4 is 11.1 Å². The van der Waals surface area contributed by atoms with Crippen LogP contribution >= 0.6 is 11.6 Å². The van der Waals surface area contributed by atoms with E-state index in [0.717, 1.165) is 0 Å². The summed E-state index contributed by atoms with van der Waals surface area (Å²) in [6.45, 7) is 5.79. The van der Waals surface area contributed by atoms with E-state index < -0.39 is 11.7 Å². The minimum absolute atomic E-state index is 0.231. The predicted octanol–water partition coefficient (Wildman–Crippen LogP) is 3.05. The molecular weight excluding hydrogens is 283 g/mol. The number of amides is 1. The third-order valence-electron chi connectivity index (χ3n) is 2.57. The first-order valence-electron chi connectivity index (χ1n) is 6.35. The number of carbonyl (C=O) groups excluding carboxylic acids is 1. The fourth-order valence-corrected chi connectivity index (χ4v) is 1.94. The molecule has 3 N–H and O–H groups in total. The maximum Gasteiger partial charge on any atom is 0.407 e. The van der Waals surface area contributed by atoms with E-state index in [1.807, 2.05) is 0 Å². The summed E-state index contributed by atoms with van der Waals surface area (Å²) in [7, 11) is 0. The van der Waals surface area contributed by atoms with E-state index in [1.165, 1.54) is 18.2 Å². The molecule has 1 rings (SSSR count). The Bertz CT molecular complexity index is 475. The smallest absolute Gasteiger partial charge is 0.407 e. The molecule has 4 nitrogen and oxygen atoms in total. The van der Waals surface area contributed by atoms with Gasteiger partial charge in [0.15, 0.2) is 0 Å². The lowest BCUT2D eigenvalue weighted by molar-refractivity contribution is 0.0525. The fraction of sp³-hybridized carbons (Fsp3) is 0.500. The first-order chi connectivity index (χ1) is 9.23. The van der Waals surface area contributed by atoms with Gasteiger partial charge in [-0.2, -0.15) is 0 Å². The van der Waals surface area contributed by atoms with Gasteiger partial charge in [-0.15, -0.1) is 0 Å². The molecule has 1 atom stereocenters. The third-order valence-corrected chi connectivity index (χ3v) is 2.92. The van der Waals surface area contributed by atoms with E-state index in [2.05, 4.69) is 5.32 Å². The number of benzene rings is 1. The number of halogens is 2.